The number of aromatic nitrogens is 2. The molecule has 0 spiro atoms. The van der Waals surface area contributed by atoms with Crippen LogP contribution in [0.1, 0.15) is 23.2 Å². The van der Waals surface area contributed by atoms with E-state index in [1.54, 1.807) is 29.1 Å². The molecule has 1 saturated heterocycles. The van der Waals surface area contributed by atoms with Crippen molar-refractivity contribution in [2.75, 3.05) is 19.8 Å². The van der Waals surface area contributed by atoms with Crippen molar-refractivity contribution < 1.29 is 19.4 Å². The third-order valence-electron chi connectivity index (χ3n) is 4.55. The number of carboxylic acid groups (broad SMARTS) is 1. The standard InChI is InChI=1S/C18H20ClN3O4/c19-14-2-1-3-15(8-14)22-11-13(9-21-22)17(23)20-10-16(18(24)25)12-4-6-26-7-5-12/h1-3,8-9,11-12,16H,4-7,10H2,(H,20,23)(H,24,25). The van der Waals surface area contributed by atoms with Gasteiger partial charge in [-0.3, -0.25) is 9.59 Å². The third-order valence-corrected chi connectivity index (χ3v) is 4.79. The zero-order valence-corrected chi connectivity index (χ0v) is 14.9. The first kappa shape index (κ1) is 18.4. The molecule has 0 bridgehead atoms. The molecule has 2 heterocycles. The highest BCUT2D eigenvalue weighted by atomic mass is 35.5. The van der Waals surface area contributed by atoms with Gasteiger partial charge in [0.15, 0.2) is 0 Å². The molecule has 0 aliphatic carbocycles. The van der Waals surface area contributed by atoms with Crippen LogP contribution >= 0.6 is 11.6 Å². The molecule has 26 heavy (non-hydrogen) atoms. The smallest absolute Gasteiger partial charge is 0.308 e. The summed E-state index contributed by atoms with van der Waals surface area (Å²) in [7, 11) is 0. The van der Waals surface area contributed by atoms with Gasteiger partial charge in [-0.1, -0.05) is 17.7 Å². The second-order valence-corrected chi connectivity index (χ2v) is 6.69. The number of carboxylic acids is 1. The molecule has 0 saturated carbocycles. The second kappa shape index (κ2) is 8.33. The summed E-state index contributed by atoms with van der Waals surface area (Å²) in [5.74, 6) is -1.86. The number of carbonyl (C=O) groups excluding carboxylic acids is 1. The lowest BCUT2D eigenvalue weighted by Crippen LogP contribution is -2.38. The zero-order valence-electron chi connectivity index (χ0n) is 14.1. The first-order valence-electron chi connectivity index (χ1n) is 8.44. The van der Waals surface area contributed by atoms with Gasteiger partial charge in [-0.15, -0.1) is 0 Å². The quantitative estimate of drug-likeness (QED) is 0.806. The molecule has 3 rings (SSSR count). The van der Waals surface area contributed by atoms with Crippen molar-refractivity contribution in [2.45, 2.75) is 12.8 Å². The Morgan fingerprint density at radius 2 is 2.15 bits per heavy atom. The molecule has 2 N–H and O–H groups in total. The van der Waals surface area contributed by atoms with Crippen molar-refractivity contribution in [3.63, 3.8) is 0 Å². The normalized spacial score (nSPS) is 16.2. The Balaban J connectivity index is 1.63. The second-order valence-electron chi connectivity index (χ2n) is 6.26. The van der Waals surface area contributed by atoms with E-state index in [2.05, 4.69) is 10.4 Å². The Bertz CT molecular complexity index is 786. The fourth-order valence-corrected chi connectivity index (χ4v) is 3.26. The number of ether oxygens (including phenoxy) is 1. The van der Waals surface area contributed by atoms with Gasteiger partial charge in [0.05, 0.1) is 23.4 Å². The average Bonchev–Trinajstić information content (AvgIpc) is 3.13. The van der Waals surface area contributed by atoms with Crippen LogP contribution in [0.2, 0.25) is 5.02 Å². The van der Waals surface area contributed by atoms with Crippen molar-refractivity contribution in [1.82, 2.24) is 15.1 Å². The van der Waals surface area contributed by atoms with Gasteiger partial charge in [0.1, 0.15) is 0 Å². The van der Waals surface area contributed by atoms with Crippen molar-refractivity contribution in [3.8, 4) is 5.69 Å². The number of rotatable bonds is 6. The lowest BCUT2D eigenvalue weighted by Gasteiger charge is -2.27. The molecule has 1 amide bonds. The highest BCUT2D eigenvalue weighted by Gasteiger charge is 2.30. The summed E-state index contributed by atoms with van der Waals surface area (Å²) in [5, 5.41) is 16.9. The molecule has 1 aliphatic rings. The van der Waals surface area contributed by atoms with Crippen LogP contribution in [-0.2, 0) is 9.53 Å². The number of hydrogen-bond donors (Lipinski definition) is 2. The molecule has 7 nitrogen and oxygen atoms in total. The summed E-state index contributed by atoms with van der Waals surface area (Å²) in [4.78, 5) is 23.9. The molecule has 138 valence electrons. The Morgan fingerprint density at radius 3 is 2.85 bits per heavy atom. The van der Waals surface area contributed by atoms with Gasteiger partial charge in [0, 0.05) is 31.0 Å². The maximum absolute atomic E-state index is 12.4. The average molecular weight is 378 g/mol. The monoisotopic (exact) mass is 377 g/mol. The number of halogens is 1. The maximum atomic E-state index is 12.4. The number of aliphatic carboxylic acids is 1. The van der Waals surface area contributed by atoms with Gasteiger partial charge >= 0.3 is 5.97 Å². The molecular formula is C18H20ClN3O4. The maximum Gasteiger partial charge on any atom is 0.308 e. The lowest BCUT2D eigenvalue weighted by molar-refractivity contribution is -0.144. The van der Waals surface area contributed by atoms with Crippen LogP contribution < -0.4 is 5.32 Å². The predicted molar refractivity (Wildman–Crippen MR) is 95.6 cm³/mol. The van der Waals surface area contributed by atoms with Gasteiger partial charge in [-0.05, 0) is 37.0 Å². The Hall–Kier alpha value is -2.38. The van der Waals surface area contributed by atoms with Crippen LogP contribution in [0.5, 0.6) is 0 Å². The molecule has 1 aromatic heterocycles. The van der Waals surface area contributed by atoms with Crippen LogP contribution in [0, 0.1) is 11.8 Å². The number of hydrogen-bond acceptors (Lipinski definition) is 4. The number of carbonyl (C=O) groups is 2. The Kier molecular flexibility index (Phi) is 5.90. The van der Waals surface area contributed by atoms with E-state index in [9.17, 15) is 14.7 Å². The number of nitrogens with one attached hydrogen (secondary N) is 1. The van der Waals surface area contributed by atoms with Crippen molar-refractivity contribution in [1.29, 1.82) is 0 Å². The van der Waals surface area contributed by atoms with Crippen LogP contribution in [0.15, 0.2) is 36.7 Å². The van der Waals surface area contributed by atoms with Gasteiger partial charge < -0.3 is 15.2 Å². The van der Waals surface area contributed by atoms with Crippen molar-refractivity contribution >= 4 is 23.5 Å². The summed E-state index contributed by atoms with van der Waals surface area (Å²) in [6, 6.07) is 7.11. The van der Waals surface area contributed by atoms with Gasteiger partial charge in [0.25, 0.3) is 5.91 Å². The Morgan fingerprint density at radius 1 is 1.38 bits per heavy atom. The molecule has 1 unspecified atom stereocenters. The van der Waals surface area contributed by atoms with E-state index in [0.717, 1.165) is 5.69 Å². The summed E-state index contributed by atoms with van der Waals surface area (Å²) in [6.45, 7) is 1.21. The highest BCUT2D eigenvalue weighted by molar-refractivity contribution is 6.30. The van der Waals surface area contributed by atoms with Gasteiger partial charge in [0.2, 0.25) is 0 Å². The van der Waals surface area contributed by atoms with Crippen LogP contribution in [0.4, 0.5) is 0 Å². The summed E-state index contributed by atoms with van der Waals surface area (Å²) in [5.41, 5.74) is 1.10. The summed E-state index contributed by atoms with van der Waals surface area (Å²) >= 11 is 5.97. The lowest BCUT2D eigenvalue weighted by atomic mass is 9.86. The predicted octanol–water partition coefficient (Wildman–Crippen LogP) is 2.38. The van der Waals surface area contributed by atoms with Crippen LogP contribution in [0.25, 0.3) is 5.69 Å². The third kappa shape index (κ3) is 4.42. The highest BCUT2D eigenvalue weighted by Crippen LogP contribution is 2.24. The fraction of sp³-hybridized carbons (Fsp3) is 0.389. The van der Waals surface area contributed by atoms with E-state index in [1.165, 1.54) is 6.20 Å². The molecule has 1 aliphatic heterocycles. The number of nitrogens with zero attached hydrogens (tertiary/aromatic N) is 2. The fourth-order valence-electron chi connectivity index (χ4n) is 3.08. The van der Waals surface area contributed by atoms with Crippen molar-refractivity contribution in [2.24, 2.45) is 11.8 Å². The molecule has 1 fully saturated rings. The van der Waals surface area contributed by atoms with Gasteiger partial charge in [-0.25, -0.2) is 4.68 Å². The minimum absolute atomic E-state index is 0.00994. The largest absolute Gasteiger partial charge is 0.481 e. The van der Waals surface area contributed by atoms with Gasteiger partial charge in [-0.2, -0.15) is 5.10 Å². The van der Waals surface area contributed by atoms with Crippen LogP contribution in [0.3, 0.4) is 0 Å². The van der Waals surface area contributed by atoms with E-state index in [4.69, 9.17) is 16.3 Å². The van der Waals surface area contributed by atoms with E-state index >= 15 is 0 Å². The summed E-state index contributed by atoms with van der Waals surface area (Å²) in [6.07, 6.45) is 4.42. The molecular weight excluding hydrogens is 358 g/mol. The first-order chi connectivity index (χ1) is 12.5. The topological polar surface area (TPSA) is 93.5 Å². The molecule has 0 radical (unpaired) electrons. The van der Waals surface area contributed by atoms with E-state index in [-0.39, 0.29) is 18.4 Å². The minimum atomic E-state index is -0.896. The van der Waals surface area contributed by atoms with Crippen LogP contribution in [-0.4, -0.2) is 46.5 Å². The van der Waals surface area contributed by atoms with E-state index in [0.29, 0.717) is 36.6 Å². The zero-order chi connectivity index (χ0) is 18.5. The van der Waals surface area contributed by atoms with Crippen molar-refractivity contribution in [3.05, 3.63) is 47.2 Å². The molecule has 1 atom stereocenters. The molecule has 2 aromatic rings. The first-order valence-corrected chi connectivity index (χ1v) is 8.82. The SMILES string of the molecule is O=C(NCC(C(=O)O)C1CCOCC1)c1cnn(-c2cccc(Cl)c2)c1. The Labute approximate surface area is 155 Å². The number of amides is 1. The van der Waals surface area contributed by atoms with E-state index in [1.807, 2.05) is 6.07 Å². The molecule has 1 aromatic carbocycles. The molecule has 8 heteroatoms. The number of benzene rings is 1. The summed E-state index contributed by atoms with van der Waals surface area (Å²) < 4.78 is 6.83. The minimum Gasteiger partial charge on any atom is -0.481 e. The van der Waals surface area contributed by atoms with E-state index < -0.39 is 11.9 Å².